The van der Waals surface area contributed by atoms with E-state index in [9.17, 15) is 4.79 Å². The Morgan fingerprint density at radius 1 is 1.29 bits per heavy atom. The lowest BCUT2D eigenvalue weighted by Gasteiger charge is -2.08. The standard InChI is InChI=1S/C14H11ClN4OS/c15-10-3-4-11-14(18-7-21-11)13(10)19-12(20)5-9-2-1-8(16)6-17-9/h1-4,6-7H,5,16H2,(H,19,20). The molecule has 0 saturated carbocycles. The van der Waals surface area contributed by atoms with Crippen molar-refractivity contribution in [2.24, 2.45) is 0 Å². The van der Waals surface area contributed by atoms with Gasteiger partial charge in [0, 0.05) is 5.69 Å². The van der Waals surface area contributed by atoms with Gasteiger partial charge in [-0.15, -0.1) is 11.3 Å². The lowest BCUT2D eigenvalue weighted by molar-refractivity contribution is -0.115. The molecule has 1 aromatic carbocycles. The lowest BCUT2D eigenvalue weighted by Crippen LogP contribution is -2.15. The van der Waals surface area contributed by atoms with Gasteiger partial charge >= 0.3 is 0 Å². The number of carbonyl (C=O) groups is 1. The molecule has 2 heterocycles. The summed E-state index contributed by atoms with van der Waals surface area (Å²) in [5.74, 6) is -0.199. The van der Waals surface area contributed by atoms with Crippen molar-refractivity contribution >= 4 is 50.4 Å². The molecule has 7 heteroatoms. The van der Waals surface area contributed by atoms with Crippen LogP contribution in [0.15, 0.2) is 36.0 Å². The highest BCUT2D eigenvalue weighted by Gasteiger charge is 2.12. The molecule has 3 N–H and O–H groups in total. The smallest absolute Gasteiger partial charge is 0.230 e. The second kappa shape index (κ2) is 5.67. The molecular weight excluding hydrogens is 308 g/mol. The van der Waals surface area contributed by atoms with Crippen LogP contribution in [0.25, 0.3) is 10.2 Å². The van der Waals surface area contributed by atoms with Crippen LogP contribution < -0.4 is 11.1 Å². The number of pyridine rings is 1. The molecule has 3 aromatic rings. The van der Waals surface area contributed by atoms with E-state index in [1.165, 1.54) is 17.5 Å². The van der Waals surface area contributed by atoms with Crippen molar-refractivity contribution in [1.29, 1.82) is 0 Å². The van der Waals surface area contributed by atoms with Crippen LogP contribution in [0.3, 0.4) is 0 Å². The van der Waals surface area contributed by atoms with Gasteiger partial charge in [-0.1, -0.05) is 11.6 Å². The zero-order valence-corrected chi connectivity index (χ0v) is 12.4. The SMILES string of the molecule is Nc1ccc(CC(=O)Nc2c(Cl)ccc3scnc23)nc1. The molecule has 0 unspecified atom stereocenters. The Labute approximate surface area is 129 Å². The number of hydrogen-bond acceptors (Lipinski definition) is 5. The van der Waals surface area contributed by atoms with Gasteiger partial charge in [0.2, 0.25) is 5.91 Å². The van der Waals surface area contributed by atoms with Gasteiger partial charge in [-0.2, -0.15) is 0 Å². The van der Waals surface area contributed by atoms with Crippen molar-refractivity contribution in [2.45, 2.75) is 6.42 Å². The van der Waals surface area contributed by atoms with E-state index in [1.54, 1.807) is 23.7 Å². The molecule has 5 nitrogen and oxygen atoms in total. The zero-order valence-electron chi connectivity index (χ0n) is 10.8. The Bertz CT molecular complexity index is 800. The van der Waals surface area contributed by atoms with Gasteiger partial charge in [-0.25, -0.2) is 4.98 Å². The molecule has 106 valence electrons. The molecule has 0 aliphatic heterocycles. The van der Waals surface area contributed by atoms with Crippen molar-refractivity contribution < 1.29 is 4.79 Å². The average Bonchev–Trinajstić information content (AvgIpc) is 2.93. The highest BCUT2D eigenvalue weighted by Crippen LogP contribution is 2.32. The molecule has 0 bridgehead atoms. The van der Waals surface area contributed by atoms with Crippen molar-refractivity contribution in [3.8, 4) is 0 Å². The highest BCUT2D eigenvalue weighted by molar-refractivity contribution is 7.16. The van der Waals surface area contributed by atoms with Crippen molar-refractivity contribution in [3.63, 3.8) is 0 Å². The largest absolute Gasteiger partial charge is 0.397 e. The molecule has 2 aromatic heterocycles. The van der Waals surface area contributed by atoms with Crippen molar-refractivity contribution in [2.75, 3.05) is 11.1 Å². The van der Waals surface area contributed by atoms with Gasteiger partial charge in [0.1, 0.15) is 5.52 Å². The number of nitrogen functional groups attached to an aromatic ring is 1. The summed E-state index contributed by atoms with van der Waals surface area (Å²) < 4.78 is 0.973. The second-order valence-electron chi connectivity index (χ2n) is 4.43. The molecule has 0 spiro atoms. The van der Waals surface area contributed by atoms with Gasteiger partial charge < -0.3 is 11.1 Å². The molecule has 0 aliphatic rings. The van der Waals surface area contributed by atoms with E-state index < -0.39 is 0 Å². The van der Waals surface area contributed by atoms with Crippen LogP contribution >= 0.6 is 22.9 Å². The molecular formula is C14H11ClN4OS. The van der Waals surface area contributed by atoms with Crippen LogP contribution in [0.4, 0.5) is 11.4 Å². The van der Waals surface area contributed by atoms with Gasteiger partial charge in [0.05, 0.1) is 39.2 Å². The fraction of sp³-hybridized carbons (Fsp3) is 0.0714. The molecule has 0 atom stereocenters. The summed E-state index contributed by atoms with van der Waals surface area (Å²) in [6, 6.07) is 7.06. The number of benzene rings is 1. The third-order valence-corrected chi connectivity index (χ3v) is 4.01. The summed E-state index contributed by atoms with van der Waals surface area (Å²) in [4.78, 5) is 20.5. The Balaban J connectivity index is 1.81. The molecule has 0 aliphatic carbocycles. The van der Waals surface area contributed by atoms with E-state index in [4.69, 9.17) is 17.3 Å². The number of hydrogen-bond donors (Lipinski definition) is 2. The van der Waals surface area contributed by atoms with E-state index in [0.29, 0.717) is 27.6 Å². The van der Waals surface area contributed by atoms with E-state index in [2.05, 4.69) is 15.3 Å². The maximum absolute atomic E-state index is 12.1. The van der Waals surface area contributed by atoms with Gasteiger partial charge in [0.15, 0.2) is 0 Å². The number of thiazole rings is 1. The lowest BCUT2D eigenvalue weighted by atomic mass is 10.2. The minimum Gasteiger partial charge on any atom is -0.397 e. The van der Waals surface area contributed by atoms with Crippen molar-refractivity contribution in [1.82, 2.24) is 9.97 Å². The molecule has 3 rings (SSSR count). The molecule has 0 saturated heterocycles. The maximum Gasteiger partial charge on any atom is 0.230 e. The number of aromatic nitrogens is 2. The fourth-order valence-electron chi connectivity index (χ4n) is 1.91. The molecule has 1 amide bonds. The first-order valence-electron chi connectivity index (χ1n) is 6.15. The summed E-state index contributed by atoms with van der Waals surface area (Å²) in [6.45, 7) is 0. The van der Waals surface area contributed by atoms with Crippen molar-refractivity contribution in [3.05, 3.63) is 46.7 Å². The van der Waals surface area contributed by atoms with Crippen LogP contribution in [-0.2, 0) is 11.2 Å². The minimum atomic E-state index is -0.199. The van der Waals surface area contributed by atoms with E-state index in [0.717, 1.165) is 4.70 Å². The predicted octanol–water partition coefficient (Wildman–Crippen LogP) is 3.11. The number of fused-ring (bicyclic) bond motifs is 1. The van der Waals surface area contributed by atoms with Crippen LogP contribution in [0, 0.1) is 0 Å². The summed E-state index contributed by atoms with van der Waals surface area (Å²) in [7, 11) is 0. The second-order valence-corrected chi connectivity index (χ2v) is 5.72. The van der Waals surface area contributed by atoms with Gasteiger partial charge in [-0.05, 0) is 24.3 Å². The number of nitrogens with two attached hydrogens (primary N) is 1. The summed E-state index contributed by atoms with van der Waals surface area (Å²) in [6.07, 6.45) is 1.67. The topological polar surface area (TPSA) is 80.9 Å². The number of carbonyl (C=O) groups excluding carboxylic acids is 1. The van der Waals surface area contributed by atoms with E-state index in [1.807, 2.05) is 6.07 Å². The summed E-state index contributed by atoms with van der Waals surface area (Å²) in [5, 5.41) is 3.27. The Hall–Kier alpha value is -2.18. The summed E-state index contributed by atoms with van der Waals surface area (Å²) in [5.41, 5.74) is 9.73. The van der Waals surface area contributed by atoms with Crippen LogP contribution in [0.5, 0.6) is 0 Å². The number of nitrogens with one attached hydrogen (secondary N) is 1. The van der Waals surface area contributed by atoms with Gasteiger partial charge in [-0.3, -0.25) is 9.78 Å². The predicted molar refractivity (Wildman–Crippen MR) is 85.6 cm³/mol. The quantitative estimate of drug-likeness (QED) is 0.777. The first-order chi connectivity index (χ1) is 10.1. The number of rotatable bonds is 3. The third kappa shape index (κ3) is 2.96. The Morgan fingerprint density at radius 2 is 2.14 bits per heavy atom. The van der Waals surface area contributed by atoms with Crippen LogP contribution in [-0.4, -0.2) is 15.9 Å². The zero-order chi connectivity index (χ0) is 14.8. The average molecular weight is 319 g/mol. The van der Waals surface area contributed by atoms with Crippen LogP contribution in [0.2, 0.25) is 5.02 Å². The fourth-order valence-corrected chi connectivity index (χ4v) is 2.80. The Kier molecular flexibility index (Phi) is 3.72. The minimum absolute atomic E-state index is 0.150. The number of nitrogens with zero attached hydrogens (tertiary/aromatic N) is 2. The normalized spacial score (nSPS) is 10.7. The first kappa shape index (κ1) is 13.8. The number of anilines is 2. The monoisotopic (exact) mass is 318 g/mol. The molecule has 0 fully saturated rings. The molecule has 0 radical (unpaired) electrons. The molecule has 21 heavy (non-hydrogen) atoms. The first-order valence-corrected chi connectivity index (χ1v) is 7.41. The van der Waals surface area contributed by atoms with Gasteiger partial charge in [0.25, 0.3) is 0 Å². The van der Waals surface area contributed by atoms with E-state index >= 15 is 0 Å². The van der Waals surface area contributed by atoms with E-state index in [-0.39, 0.29) is 12.3 Å². The summed E-state index contributed by atoms with van der Waals surface area (Å²) >= 11 is 7.64. The highest BCUT2D eigenvalue weighted by atomic mass is 35.5. The van der Waals surface area contributed by atoms with Crippen LogP contribution in [0.1, 0.15) is 5.69 Å². The Morgan fingerprint density at radius 3 is 2.90 bits per heavy atom. The maximum atomic E-state index is 12.1. The number of halogens is 1. The third-order valence-electron chi connectivity index (χ3n) is 2.91. The number of amides is 1.